The fraction of sp³-hybridized carbons (Fsp3) is 0. The second kappa shape index (κ2) is 5.88. The van der Waals surface area contributed by atoms with E-state index < -0.39 is 0 Å². The molecule has 0 aliphatic carbocycles. The molecule has 0 saturated heterocycles. The average Bonchev–Trinajstić information content (AvgIpc) is 2.39. The quantitative estimate of drug-likeness (QED) is 0.582. The molecule has 92 valence electrons. The third-order valence-corrected chi connectivity index (χ3v) is 2.28. The fourth-order valence-electron chi connectivity index (χ4n) is 1.40. The molecule has 0 aliphatic rings. The third-order valence-electron chi connectivity index (χ3n) is 2.18. The van der Waals surface area contributed by atoms with Crippen LogP contribution >= 0.6 is 12.2 Å². The lowest BCUT2D eigenvalue weighted by Crippen LogP contribution is -2.34. The summed E-state index contributed by atoms with van der Waals surface area (Å²) in [5.74, 6) is 1.45. The minimum Gasteiger partial charge on any atom is -0.455 e. The van der Waals surface area contributed by atoms with Crippen molar-refractivity contribution in [2.24, 2.45) is 5.73 Å². The van der Waals surface area contributed by atoms with Crippen LogP contribution in [0.5, 0.6) is 11.5 Å². The molecular formula is C13H13N3OS. The summed E-state index contributed by atoms with van der Waals surface area (Å²) < 4.78 is 5.76. The zero-order chi connectivity index (χ0) is 12.8. The molecule has 4 N–H and O–H groups in total. The van der Waals surface area contributed by atoms with Crippen LogP contribution < -0.4 is 21.3 Å². The van der Waals surface area contributed by atoms with Crippen LogP contribution in [0.2, 0.25) is 0 Å². The van der Waals surface area contributed by atoms with Crippen molar-refractivity contribution in [3.05, 3.63) is 54.6 Å². The van der Waals surface area contributed by atoms with Crippen LogP contribution in [0.25, 0.3) is 0 Å². The molecule has 0 atom stereocenters. The highest BCUT2D eigenvalue weighted by Crippen LogP contribution is 2.28. The third kappa shape index (κ3) is 3.36. The first-order valence-electron chi connectivity index (χ1n) is 5.39. The number of para-hydroxylation sites is 3. The highest BCUT2D eigenvalue weighted by molar-refractivity contribution is 7.80. The van der Waals surface area contributed by atoms with Crippen molar-refractivity contribution < 1.29 is 4.74 Å². The number of anilines is 1. The lowest BCUT2D eigenvalue weighted by molar-refractivity contribution is 0.484. The molecule has 0 unspecified atom stereocenters. The number of hydrogen-bond acceptors (Lipinski definition) is 3. The molecule has 0 heterocycles. The number of nitrogens with two attached hydrogens (primary N) is 1. The minimum atomic E-state index is 0.171. The molecule has 0 bridgehead atoms. The summed E-state index contributed by atoms with van der Waals surface area (Å²) in [5.41, 5.74) is 11.7. The van der Waals surface area contributed by atoms with Crippen molar-refractivity contribution in [2.45, 2.75) is 0 Å². The zero-order valence-electron chi connectivity index (χ0n) is 9.59. The summed E-state index contributed by atoms with van der Waals surface area (Å²) in [6.45, 7) is 0. The molecule has 0 radical (unpaired) electrons. The number of thiocarbonyl (C=S) groups is 1. The normalized spacial score (nSPS) is 9.56. The van der Waals surface area contributed by atoms with E-state index >= 15 is 0 Å². The topological polar surface area (TPSA) is 59.3 Å². The van der Waals surface area contributed by atoms with Crippen molar-refractivity contribution in [2.75, 3.05) is 5.43 Å². The van der Waals surface area contributed by atoms with Gasteiger partial charge in [-0.25, -0.2) is 0 Å². The van der Waals surface area contributed by atoms with Gasteiger partial charge in [-0.05, 0) is 36.5 Å². The number of hydrazine groups is 1. The van der Waals surface area contributed by atoms with E-state index in [0.717, 1.165) is 11.4 Å². The molecule has 2 aromatic carbocycles. The van der Waals surface area contributed by atoms with Gasteiger partial charge in [-0.3, -0.25) is 10.9 Å². The molecule has 2 aromatic rings. The van der Waals surface area contributed by atoms with Gasteiger partial charge in [0.15, 0.2) is 10.9 Å². The van der Waals surface area contributed by atoms with E-state index in [1.54, 1.807) is 0 Å². The first kappa shape index (κ1) is 12.2. The number of rotatable bonds is 4. The van der Waals surface area contributed by atoms with Crippen LogP contribution in [0.3, 0.4) is 0 Å². The van der Waals surface area contributed by atoms with Gasteiger partial charge in [-0.2, -0.15) is 0 Å². The number of ether oxygens (including phenoxy) is 1. The van der Waals surface area contributed by atoms with Gasteiger partial charge in [-0.15, -0.1) is 0 Å². The number of nitrogens with one attached hydrogen (secondary N) is 2. The molecule has 0 aromatic heterocycles. The predicted molar refractivity (Wildman–Crippen MR) is 76.5 cm³/mol. The van der Waals surface area contributed by atoms with Crippen LogP contribution in [0.4, 0.5) is 5.69 Å². The van der Waals surface area contributed by atoms with E-state index in [9.17, 15) is 0 Å². The largest absolute Gasteiger partial charge is 0.455 e. The minimum absolute atomic E-state index is 0.171. The molecule has 0 aliphatic heterocycles. The molecule has 0 amide bonds. The Bertz CT molecular complexity index is 531. The van der Waals surface area contributed by atoms with Crippen molar-refractivity contribution in [1.29, 1.82) is 0 Å². The predicted octanol–water partition coefficient (Wildman–Crippen LogP) is 2.64. The highest BCUT2D eigenvalue weighted by Gasteiger charge is 2.03. The maximum atomic E-state index is 5.76. The first-order chi connectivity index (χ1) is 8.75. The Labute approximate surface area is 111 Å². The van der Waals surface area contributed by atoms with Gasteiger partial charge in [0.05, 0.1) is 5.69 Å². The first-order valence-corrected chi connectivity index (χ1v) is 5.80. The maximum Gasteiger partial charge on any atom is 0.182 e. The summed E-state index contributed by atoms with van der Waals surface area (Å²) >= 11 is 4.73. The molecular weight excluding hydrogens is 246 g/mol. The van der Waals surface area contributed by atoms with E-state index in [1.807, 2.05) is 54.6 Å². The van der Waals surface area contributed by atoms with Crippen molar-refractivity contribution in [3.63, 3.8) is 0 Å². The molecule has 5 heteroatoms. The Morgan fingerprint density at radius 2 is 1.67 bits per heavy atom. The summed E-state index contributed by atoms with van der Waals surface area (Å²) in [6, 6.07) is 17.0. The smallest absolute Gasteiger partial charge is 0.182 e. The van der Waals surface area contributed by atoms with Crippen molar-refractivity contribution >= 4 is 23.0 Å². The average molecular weight is 259 g/mol. The van der Waals surface area contributed by atoms with Crippen molar-refractivity contribution in [1.82, 2.24) is 5.43 Å². The Morgan fingerprint density at radius 3 is 2.39 bits per heavy atom. The molecule has 0 saturated carbocycles. The molecule has 2 rings (SSSR count). The summed E-state index contributed by atoms with van der Waals surface area (Å²) in [7, 11) is 0. The van der Waals surface area contributed by atoms with Gasteiger partial charge < -0.3 is 10.5 Å². The molecule has 0 fully saturated rings. The molecule has 0 spiro atoms. The van der Waals surface area contributed by atoms with Gasteiger partial charge in [0.1, 0.15) is 5.75 Å². The van der Waals surface area contributed by atoms with E-state index in [1.165, 1.54) is 0 Å². The summed E-state index contributed by atoms with van der Waals surface area (Å²) in [4.78, 5) is 0. The van der Waals surface area contributed by atoms with Crippen LogP contribution in [-0.2, 0) is 0 Å². The van der Waals surface area contributed by atoms with Crippen LogP contribution in [0.15, 0.2) is 54.6 Å². The van der Waals surface area contributed by atoms with E-state index in [-0.39, 0.29) is 5.11 Å². The van der Waals surface area contributed by atoms with Crippen LogP contribution in [0, 0.1) is 0 Å². The van der Waals surface area contributed by atoms with E-state index in [2.05, 4.69) is 10.9 Å². The monoisotopic (exact) mass is 259 g/mol. The summed E-state index contributed by atoms with van der Waals surface area (Å²) in [6.07, 6.45) is 0. The SMILES string of the molecule is NC(=S)NNc1ccccc1Oc1ccccc1. The standard InChI is InChI=1S/C13H13N3OS/c14-13(18)16-15-11-8-4-5-9-12(11)17-10-6-2-1-3-7-10/h1-9,15H,(H3,14,16,18). The molecule has 4 nitrogen and oxygen atoms in total. The van der Waals surface area contributed by atoms with Gasteiger partial charge in [0, 0.05) is 0 Å². The van der Waals surface area contributed by atoms with Gasteiger partial charge >= 0.3 is 0 Å². The van der Waals surface area contributed by atoms with E-state index in [4.69, 9.17) is 22.7 Å². The fourth-order valence-corrected chi connectivity index (χ4v) is 1.45. The van der Waals surface area contributed by atoms with Crippen molar-refractivity contribution in [3.8, 4) is 11.5 Å². The van der Waals surface area contributed by atoms with E-state index in [0.29, 0.717) is 5.75 Å². The van der Waals surface area contributed by atoms with Gasteiger partial charge in [-0.1, -0.05) is 30.3 Å². The Hall–Kier alpha value is -2.27. The van der Waals surface area contributed by atoms with Gasteiger partial charge in [0.25, 0.3) is 0 Å². The Kier molecular flexibility index (Phi) is 3.98. The second-order valence-corrected chi connectivity index (χ2v) is 3.97. The number of benzene rings is 2. The molecule has 18 heavy (non-hydrogen) atoms. The van der Waals surface area contributed by atoms with Crippen LogP contribution in [-0.4, -0.2) is 5.11 Å². The number of hydrogen-bond donors (Lipinski definition) is 3. The lowest BCUT2D eigenvalue weighted by atomic mass is 10.3. The second-order valence-electron chi connectivity index (χ2n) is 3.53. The highest BCUT2D eigenvalue weighted by atomic mass is 32.1. The maximum absolute atomic E-state index is 5.76. The summed E-state index contributed by atoms with van der Waals surface area (Å²) in [5, 5.41) is 0.171. The van der Waals surface area contributed by atoms with Crippen LogP contribution in [0.1, 0.15) is 0 Å². The zero-order valence-corrected chi connectivity index (χ0v) is 10.4. The Balaban J connectivity index is 2.14. The lowest BCUT2D eigenvalue weighted by Gasteiger charge is -2.13. The van der Waals surface area contributed by atoms with Gasteiger partial charge in [0.2, 0.25) is 0 Å². The Morgan fingerprint density at radius 1 is 1.00 bits per heavy atom.